The number of H-pyrrole nitrogens is 1. The fourth-order valence-corrected chi connectivity index (χ4v) is 2.40. The molecule has 72 valence electrons. The van der Waals surface area contributed by atoms with Crippen molar-refractivity contribution in [2.45, 2.75) is 25.3 Å². The fraction of sp³-hybridized carbons (Fsp3) is 0.333. The van der Waals surface area contributed by atoms with Gasteiger partial charge < -0.3 is 10.7 Å². The molecule has 14 heavy (non-hydrogen) atoms. The summed E-state index contributed by atoms with van der Waals surface area (Å²) in [4.78, 5) is 3.48. The normalized spacial score (nSPS) is 21.1. The number of fused-ring (bicyclic) bond motifs is 3. The van der Waals surface area contributed by atoms with Gasteiger partial charge in [0.15, 0.2) is 0 Å². The van der Waals surface area contributed by atoms with Crippen LogP contribution in [-0.4, -0.2) is 11.0 Å². The molecule has 1 atom stereocenters. The number of hydrogen-bond donors (Lipinski definition) is 2. The van der Waals surface area contributed by atoms with E-state index in [0.29, 0.717) is 6.04 Å². The molecule has 0 unspecified atom stereocenters. The number of aromatic nitrogens is 1. The molecule has 1 aliphatic carbocycles. The second-order valence-corrected chi connectivity index (χ2v) is 4.13. The van der Waals surface area contributed by atoms with E-state index in [1.165, 1.54) is 22.2 Å². The Labute approximate surface area is 83.1 Å². The maximum atomic E-state index is 5.99. The van der Waals surface area contributed by atoms with Gasteiger partial charge in [0, 0.05) is 22.6 Å². The first-order valence-electron chi connectivity index (χ1n) is 5.18. The van der Waals surface area contributed by atoms with Gasteiger partial charge >= 0.3 is 0 Å². The maximum absolute atomic E-state index is 5.99. The molecule has 3 N–H and O–H groups in total. The Morgan fingerprint density at radius 1 is 1.36 bits per heavy atom. The molecule has 2 aromatic rings. The highest BCUT2D eigenvalue weighted by Gasteiger charge is 2.19. The molecule has 0 spiro atoms. The number of nitrogens with two attached hydrogens (primary N) is 1. The highest BCUT2D eigenvalue weighted by Crippen LogP contribution is 2.28. The number of para-hydroxylation sites is 1. The van der Waals surface area contributed by atoms with E-state index in [4.69, 9.17) is 5.73 Å². The molecule has 2 heteroatoms. The second kappa shape index (κ2) is 2.85. The van der Waals surface area contributed by atoms with Crippen LogP contribution in [-0.2, 0) is 12.8 Å². The van der Waals surface area contributed by atoms with Crippen molar-refractivity contribution in [1.82, 2.24) is 4.98 Å². The van der Waals surface area contributed by atoms with E-state index < -0.39 is 0 Å². The molecule has 3 rings (SSSR count). The second-order valence-electron chi connectivity index (χ2n) is 4.13. The highest BCUT2D eigenvalue weighted by molar-refractivity contribution is 5.84. The maximum Gasteiger partial charge on any atom is 0.0458 e. The fourth-order valence-electron chi connectivity index (χ4n) is 2.40. The number of aromatic amines is 1. The first-order chi connectivity index (χ1) is 6.84. The van der Waals surface area contributed by atoms with Gasteiger partial charge in [-0.1, -0.05) is 18.2 Å². The average Bonchev–Trinajstić information content (AvgIpc) is 2.56. The van der Waals surface area contributed by atoms with Crippen molar-refractivity contribution in [3.63, 3.8) is 0 Å². The third-order valence-electron chi connectivity index (χ3n) is 3.13. The van der Waals surface area contributed by atoms with Crippen LogP contribution in [0.4, 0.5) is 0 Å². The van der Waals surface area contributed by atoms with Gasteiger partial charge in [0.1, 0.15) is 0 Å². The number of nitrogens with one attached hydrogen (secondary N) is 1. The Morgan fingerprint density at radius 2 is 2.21 bits per heavy atom. The van der Waals surface area contributed by atoms with Crippen molar-refractivity contribution < 1.29 is 0 Å². The molecule has 1 aromatic heterocycles. The summed E-state index contributed by atoms with van der Waals surface area (Å²) < 4.78 is 0. The summed E-state index contributed by atoms with van der Waals surface area (Å²) in [5.41, 5.74) is 10.1. The van der Waals surface area contributed by atoms with Gasteiger partial charge in [0.05, 0.1) is 0 Å². The predicted octanol–water partition coefficient (Wildman–Crippen LogP) is 1.98. The van der Waals surface area contributed by atoms with Gasteiger partial charge in [0.2, 0.25) is 0 Å². The van der Waals surface area contributed by atoms with E-state index in [1.54, 1.807) is 0 Å². The molecule has 0 fully saturated rings. The highest BCUT2D eigenvalue weighted by atomic mass is 15.8. The summed E-state index contributed by atoms with van der Waals surface area (Å²) in [5, 5.41) is 1.36. The zero-order valence-electron chi connectivity index (χ0n) is 8.09. The number of aryl methyl sites for hydroxylation is 1. The van der Waals surface area contributed by atoms with E-state index in [0.717, 1.165) is 19.3 Å². The summed E-state index contributed by atoms with van der Waals surface area (Å²) in [6.45, 7) is 0. The number of rotatable bonds is 0. The molecule has 0 saturated carbocycles. The van der Waals surface area contributed by atoms with Crippen molar-refractivity contribution in [1.29, 1.82) is 0 Å². The minimum absolute atomic E-state index is 0.349. The van der Waals surface area contributed by atoms with Crippen LogP contribution in [0.1, 0.15) is 17.7 Å². The van der Waals surface area contributed by atoms with Crippen LogP contribution < -0.4 is 5.73 Å². The van der Waals surface area contributed by atoms with Gasteiger partial charge in [-0.25, -0.2) is 0 Å². The lowest BCUT2D eigenvalue weighted by molar-refractivity contribution is 0.574. The number of hydrogen-bond acceptors (Lipinski definition) is 1. The molecule has 2 nitrogen and oxygen atoms in total. The van der Waals surface area contributed by atoms with Crippen molar-refractivity contribution in [2.75, 3.05) is 0 Å². The Balaban J connectivity index is 2.25. The van der Waals surface area contributed by atoms with Crippen molar-refractivity contribution in [3.05, 3.63) is 35.5 Å². The summed E-state index contributed by atoms with van der Waals surface area (Å²) in [5.74, 6) is 0. The smallest absolute Gasteiger partial charge is 0.0458 e. The summed E-state index contributed by atoms with van der Waals surface area (Å²) in [6, 6.07) is 8.84. The monoisotopic (exact) mass is 198 g/mol. The minimum Gasteiger partial charge on any atom is -0.358 e. The zero-order chi connectivity index (χ0) is 9.54. The summed E-state index contributed by atoms with van der Waals surface area (Å²) >= 11 is 0. The Kier molecular flexibility index (Phi) is 1.64. The molecule has 0 saturated heterocycles. The molecule has 1 aromatic carbocycles. The lowest BCUT2D eigenvalue weighted by Gasteiger charge is -2.17. The molecular formula is C12H14N2. The topological polar surface area (TPSA) is 41.8 Å². The van der Waals surface area contributed by atoms with Crippen LogP contribution >= 0.6 is 0 Å². The van der Waals surface area contributed by atoms with E-state index >= 15 is 0 Å². The van der Waals surface area contributed by atoms with Crippen LogP contribution in [0.3, 0.4) is 0 Å². The standard InChI is InChI=1S/C12H14N2/c13-8-5-6-12-10(7-8)9-3-1-2-4-11(9)14-12/h1-4,8,14H,5-7,13H2/t8-/m1/s1/i1+2,2+2,3+2,4+2,9+2,11+2. The summed E-state index contributed by atoms with van der Waals surface area (Å²) in [6.07, 6.45) is 3.24. The lowest BCUT2D eigenvalue weighted by Crippen LogP contribution is -2.27. The van der Waals surface area contributed by atoms with E-state index in [9.17, 15) is 0 Å². The van der Waals surface area contributed by atoms with E-state index in [1.807, 2.05) is 0 Å². The van der Waals surface area contributed by atoms with Crippen LogP contribution in [0.5, 0.6) is 0 Å². The molecule has 0 radical (unpaired) electrons. The third kappa shape index (κ3) is 1.07. The van der Waals surface area contributed by atoms with Crippen molar-refractivity contribution >= 4 is 10.9 Å². The lowest BCUT2D eigenvalue weighted by atomic mass is 9.97. The first-order valence-corrected chi connectivity index (χ1v) is 5.18. The summed E-state index contributed by atoms with van der Waals surface area (Å²) in [7, 11) is 0. The molecule has 0 amide bonds. The van der Waals surface area contributed by atoms with Gasteiger partial charge in [-0.3, -0.25) is 0 Å². The first kappa shape index (κ1) is 8.06. The quantitative estimate of drug-likeness (QED) is 0.667. The van der Waals surface area contributed by atoms with Crippen molar-refractivity contribution in [2.24, 2.45) is 5.73 Å². The Hall–Kier alpha value is -1.28. The van der Waals surface area contributed by atoms with E-state index in [-0.39, 0.29) is 0 Å². The minimum atomic E-state index is 0.349. The van der Waals surface area contributed by atoms with Gasteiger partial charge in [0.25, 0.3) is 0 Å². The van der Waals surface area contributed by atoms with Gasteiger partial charge in [-0.05, 0) is 30.9 Å². The van der Waals surface area contributed by atoms with Crippen LogP contribution in [0, 0.1) is 0 Å². The largest absolute Gasteiger partial charge is 0.358 e. The molecule has 0 aliphatic heterocycles. The van der Waals surface area contributed by atoms with Crippen LogP contribution in [0.15, 0.2) is 24.3 Å². The molecule has 1 aliphatic rings. The van der Waals surface area contributed by atoms with Crippen molar-refractivity contribution in [3.8, 4) is 0 Å². The molecule has 1 heterocycles. The van der Waals surface area contributed by atoms with Crippen LogP contribution in [0.2, 0.25) is 0 Å². The SMILES string of the molecule is N[C@@H]1CCc2[nH][14c]3[14cH][14cH][14cH][14cH][14c]3c2C1. The van der Waals surface area contributed by atoms with Gasteiger partial charge in [-0.2, -0.15) is 0 Å². The van der Waals surface area contributed by atoms with E-state index in [2.05, 4.69) is 29.2 Å². The predicted molar refractivity (Wildman–Crippen MR) is 58.3 cm³/mol. The third-order valence-corrected chi connectivity index (χ3v) is 3.13. The molecule has 0 bridgehead atoms. The Morgan fingerprint density at radius 3 is 3.14 bits per heavy atom. The van der Waals surface area contributed by atoms with Crippen LogP contribution in [0.25, 0.3) is 10.9 Å². The number of benzene rings is 1. The van der Waals surface area contributed by atoms with Gasteiger partial charge in [-0.15, -0.1) is 0 Å². The zero-order valence-corrected chi connectivity index (χ0v) is 8.09. The molecular weight excluding hydrogens is 184 g/mol. The Bertz CT molecular complexity index is 470. The average molecular weight is 198 g/mol.